The van der Waals surface area contributed by atoms with E-state index >= 15 is 0 Å². The predicted octanol–water partition coefficient (Wildman–Crippen LogP) is 3.34. The summed E-state index contributed by atoms with van der Waals surface area (Å²) in [6.45, 7) is 4.06. The maximum Gasteiger partial charge on any atom is 0.133 e. The molecule has 0 saturated heterocycles. The molecule has 0 aliphatic rings. The number of hydrogen-bond acceptors (Lipinski definition) is 2. The molecule has 0 saturated carbocycles. The minimum atomic E-state index is -0.269. The Morgan fingerprint density at radius 2 is 1.86 bits per heavy atom. The van der Waals surface area contributed by atoms with E-state index < -0.39 is 0 Å². The van der Waals surface area contributed by atoms with Crippen LogP contribution in [0.4, 0.5) is 0 Å². The third kappa shape index (κ3) is 2.28. The van der Waals surface area contributed by atoms with E-state index in [1.807, 2.05) is 32.0 Å². The standard InChI is InChI=1S/C11H15BrO2/c1-11(2,14-4)8-5-6-10(13-3)9(12)7-8/h5-7H,1-4H3. The molecule has 1 aromatic rings. The molecule has 0 aromatic heterocycles. The molecule has 14 heavy (non-hydrogen) atoms. The molecular formula is C11H15BrO2. The van der Waals surface area contributed by atoms with Crippen LogP contribution in [0.2, 0.25) is 0 Å². The van der Waals surface area contributed by atoms with Gasteiger partial charge in [-0.2, -0.15) is 0 Å². The molecule has 0 heterocycles. The molecule has 2 nitrogen and oxygen atoms in total. The van der Waals surface area contributed by atoms with Gasteiger partial charge in [-0.05, 0) is 47.5 Å². The maximum absolute atomic E-state index is 5.39. The van der Waals surface area contributed by atoms with E-state index in [9.17, 15) is 0 Å². The summed E-state index contributed by atoms with van der Waals surface area (Å²) in [6, 6.07) is 5.95. The second kappa shape index (κ2) is 4.32. The fraction of sp³-hybridized carbons (Fsp3) is 0.455. The Morgan fingerprint density at radius 1 is 1.21 bits per heavy atom. The van der Waals surface area contributed by atoms with Gasteiger partial charge >= 0.3 is 0 Å². The van der Waals surface area contributed by atoms with Gasteiger partial charge in [-0.3, -0.25) is 0 Å². The summed E-state index contributed by atoms with van der Waals surface area (Å²) < 4.78 is 11.5. The van der Waals surface area contributed by atoms with Crippen molar-refractivity contribution in [1.82, 2.24) is 0 Å². The molecule has 1 aromatic carbocycles. The van der Waals surface area contributed by atoms with Crippen molar-refractivity contribution in [3.63, 3.8) is 0 Å². The second-order valence-electron chi connectivity index (χ2n) is 3.56. The lowest BCUT2D eigenvalue weighted by atomic mass is 9.98. The number of hydrogen-bond donors (Lipinski definition) is 0. The summed E-state index contributed by atoms with van der Waals surface area (Å²) in [5.74, 6) is 0.834. The van der Waals surface area contributed by atoms with Crippen LogP contribution in [0.3, 0.4) is 0 Å². The molecule has 0 fully saturated rings. The summed E-state index contributed by atoms with van der Waals surface area (Å²) in [6.07, 6.45) is 0. The Kier molecular flexibility index (Phi) is 3.56. The summed E-state index contributed by atoms with van der Waals surface area (Å²) in [7, 11) is 3.36. The van der Waals surface area contributed by atoms with Gasteiger partial charge in [0.05, 0.1) is 17.2 Å². The Morgan fingerprint density at radius 3 is 2.29 bits per heavy atom. The van der Waals surface area contributed by atoms with Crippen LogP contribution < -0.4 is 4.74 Å². The molecule has 0 unspecified atom stereocenters. The van der Waals surface area contributed by atoms with Gasteiger partial charge in [-0.1, -0.05) is 6.07 Å². The molecule has 0 radical (unpaired) electrons. The molecule has 0 atom stereocenters. The van der Waals surface area contributed by atoms with Crippen LogP contribution in [0.15, 0.2) is 22.7 Å². The molecule has 3 heteroatoms. The molecule has 0 aliphatic carbocycles. The van der Waals surface area contributed by atoms with Gasteiger partial charge in [0.2, 0.25) is 0 Å². The number of benzene rings is 1. The van der Waals surface area contributed by atoms with Gasteiger partial charge in [0, 0.05) is 7.11 Å². The van der Waals surface area contributed by atoms with Crippen LogP contribution in [0.5, 0.6) is 5.75 Å². The van der Waals surface area contributed by atoms with Gasteiger partial charge < -0.3 is 9.47 Å². The Balaban J connectivity index is 3.08. The van der Waals surface area contributed by atoms with Crippen molar-refractivity contribution >= 4 is 15.9 Å². The van der Waals surface area contributed by atoms with Crippen molar-refractivity contribution < 1.29 is 9.47 Å². The molecule has 0 aliphatic heterocycles. The summed E-state index contributed by atoms with van der Waals surface area (Å²) in [4.78, 5) is 0. The van der Waals surface area contributed by atoms with Gasteiger partial charge in [-0.15, -0.1) is 0 Å². The van der Waals surface area contributed by atoms with Crippen molar-refractivity contribution in [3.8, 4) is 5.75 Å². The van der Waals surface area contributed by atoms with Gasteiger partial charge in [0.15, 0.2) is 0 Å². The average molecular weight is 259 g/mol. The zero-order chi connectivity index (χ0) is 10.8. The average Bonchev–Trinajstić information content (AvgIpc) is 2.17. The third-order valence-electron chi connectivity index (χ3n) is 2.36. The normalized spacial score (nSPS) is 11.5. The van der Waals surface area contributed by atoms with E-state index in [1.54, 1.807) is 14.2 Å². The SMILES string of the molecule is COc1ccc(C(C)(C)OC)cc1Br. The number of rotatable bonds is 3. The first-order valence-electron chi connectivity index (χ1n) is 4.40. The Bertz CT molecular complexity index is 321. The lowest BCUT2D eigenvalue weighted by Crippen LogP contribution is -2.19. The van der Waals surface area contributed by atoms with Crippen LogP contribution in [0, 0.1) is 0 Å². The molecule has 78 valence electrons. The van der Waals surface area contributed by atoms with Gasteiger partial charge in [0.25, 0.3) is 0 Å². The highest BCUT2D eigenvalue weighted by Crippen LogP contribution is 2.31. The Labute approximate surface area is 93.4 Å². The predicted molar refractivity (Wildman–Crippen MR) is 60.7 cm³/mol. The van der Waals surface area contributed by atoms with Gasteiger partial charge in [0.1, 0.15) is 5.75 Å². The highest BCUT2D eigenvalue weighted by Gasteiger charge is 2.20. The van der Waals surface area contributed by atoms with Crippen molar-refractivity contribution in [1.29, 1.82) is 0 Å². The highest BCUT2D eigenvalue weighted by atomic mass is 79.9. The van der Waals surface area contributed by atoms with E-state index in [0.29, 0.717) is 0 Å². The first kappa shape index (κ1) is 11.5. The smallest absolute Gasteiger partial charge is 0.133 e. The van der Waals surface area contributed by atoms with E-state index in [1.165, 1.54) is 0 Å². The van der Waals surface area contributed by atoms with E-state index in [2.05, 4.69) is 15.9 Å². The number of ether oxygens (including phenoxy) is 2. The van der Waals surface area contributed by atoms with Crippen LogP contribution in [-0.2, 0) is 10.3 Å². The minimum Gasteiger partial charge on any atom is -0.496 e. The summed E-state index contributed by atoms with van der Waals surface area (Å²) in [5.41, 5.74) is 0.849. The van der Waals surface area contributed by atoms with Crippen molar-refractivity contribution in [3.05, 3.63) is 28.2 Å². The van der Waals surface area contributed by atoms with Crippen LogP contribution in [-0.4, -0.2) is 14.2 Å². The first-order chi connectivity index (χ1) is 6.51. The topological polar surface area (TPSA) is 18.5 Å². The van der Waals surface area contributed by atoms with Crippen molar-refractivity contribution in [2.24, 2.45) is 0 Å². The van der Waals surface area contributed by atoms with Crippen molar-refractivity contribution in [2.75, 3.05) is 14.2 Å². The molecule has 0 bridgehead atoms. The zero-order valence-electron chi connectivity index (χ0n) is 8.93. The fourth-order valence-electron chi connectivity index (χ4n) is 1.16. The lowest BCUT2D eigenvalue weighted by molar-refractivity contribution is 0.0191. The monoisotopic (exact) mass is 258 g/mol. The quantitative estimate of drug-likeness (QED) is 0.828. The summed E-state index contributed by atoms with van der Waals surface area (Å²) in [5, 5.41) is 0. The highest BCUT2D eigenvalue weighted by molar-refractivity contribution is 9.10. The van der Waals surface area contributed by atoms with Crippen LogP contribution in [0.25, 0.3) is 0 Å². The maximum atomic E-state index is 5.39. The second-order valence-corrected chi connectivity index (χ2v) is 4.42. The molecule has 0 spiro atoms. The fourth-order valence-corrected chi connectivity index (χ4v) is 1.70. The zero-order valence-corrected chi connectivity index (χ0v) is 10.5. The van der Waals surface area contributed by atoms with Crippen LogP contribution >= 0.6 is 15.9 Å². The van der Waals surface area contributed by atoms with Crippen LogP contribution in [0.1, 0.15) is 19.4 Å². The van der Waals surface area contributed by atoms with E-state index in [-0.39, 0.29) is 5.60 Å². The Hall–Kier alpha value is -0.540. The molecular weight excluding hydrogens is 244 g/mol. The summed E-state index contributed by atoms with van der Waals surface area (Å²) >= 11 is 3.45. The van der Waals surface area contributed by atoms with Gasteiger partial charge in [-0.25, -0.2) is 0 Å². The minimum absolute atomic E-state index is 0.269. The molecule has 0 amide bonds. The first-order valence-corrected chi connectivity index (χ1v) is 5.19. The van der Waals surface area contributed by atoms with E-state index in [0.717, 1.165) is 15.8 Å². The largest absolute Gasteiger partial charge is 0.496 e. The molecule has 1 rings (SSSR count). The van der Waals surface area contributed by atoms with Crippen molar-refractivity contribution in [2.45, 2.75) is 19.4 Å². The van der Waals surface area contributed by atoms with E-state index in [4.69, 9.17) is 9.47 Å². The third-order valence-corrected chi connectivity index (χ3v) is 2.98. The molecule has 0 N–H and O–H groups in total. The number of halogens is 1. The lowest BCUT2D eigenvalue weighted by Gasteiger charge is -2.24. The number of methoxy groups -OCH3 is 2.